The molecule has 1 fully saturated rings. The molecule has 13 heteroatoms. The van der Waals surface area contributed by atoms with Gasteiger partial charge in [0, 0.05) is 16.9 Å². The predicted molar refractivity (Wildman–Crippen MR) is 127 cm³/mol. The SMILES string of the molecule is O=c1[nH][nH]c2ccc(-c3nnc(C4CCNCC4)c(Nc4n[nH]c5ccccc45)n3)c(C(F)(F)F)c12. The summed E-state index contributed by atoms with van der Waals surface area (Å²) in [4.78, 5) is 16.7. The summed E-state index contributed by atoms with van der Waals surface area (Å²) < 4.78 is 42.6. The van der Waals surface area contributed by atoms with Crippen LogP contribution in [0.3, 0.4) is 0 Å². The minimum absolute atomic E-state index is 0.0186. The summed E-state index contributed by atoms with van der Waals surface area (Å²) in [6.45, 7) is 1.56. The molecule has 0 aliphatic carbocycles. The van der Waals surface area contributed by atoms with E-state index in [0.29, 0.717) is 11.5 Å². The zero-order chi connectivity index (χ0) is 24.9. The lowest BCUT2D eigenvalue weighted by molar-refractivity contribution is -0.135. The first-order chi connectivity index (χ1) is 17.4. The van der Waals surface area contributed by atoms with Crippen molar-refractivity contribution in [3.8, 4) is 11.4 Å². The second-order valence-electron chi connectivity index (χ2n) is 8.62. The molecule has 1 aliphatic rings. The van der Waals surface area contributed by atoms with Crippen molar-refractivity contribution in [2.75, 3.05) is 18.4 Å². The summed E-state index contributed by atoms with van der Waals surface area (Å²) in [6.07, 6.45) is -3.26. The second-order valence-corrected chi connectivity index (χ2v) is 8.62. The zero-order valence-electron chi connectivity index (χ0n) is 18.7. The molecule has 10 nitrogen and oxygen atoms in total. The fraction of sp³-hybridized carbons (Fsp3) is 0.261. The highest BCUT2D eigenvalue weighted by Crippen LogP contribution is 2.40. The molecule has 36 heavy (non-hydrogen) atoms. The molecule has 5 N–H and O–H groups in total. The van der Waals surface area contributed by atoms with Crippen molar-refractivity contribution >= 4 is 33.4 Å². The average molecular weight is 495 g/mol. The van der Waals surface area contributed by atoms with Gasteiger partial charge in [0.2, 0.25) is 0 Å². The summed E-state index contributed by atoms with van der Waals surface area (Å²) in [7, 11) is 0. The Kier molecular flexibility index (Phi) is 5.21. The third-order valence-electron chi connectivity index (χ3n) is 6.41. The van der Waals surface area contributed by atoms with E-state index in [1.807, 2.05) is 24.3 Å². The molecule has 1 aliphatic heterocycles. The van der Waals surface area contributed by atoms with Gasteiger partial charge in [-0.15, -0.1) is 10.2 Å². The lowest BCUT2D eigenvalue weighted by Gasteiger charge is -2.23. The highest BCUT2D eigenvalue weighted by Gasteiger charge is 2.38. The Bertz CT molecular complexity index is 1630. The number of aromatic nitrogens is 7. The van der Waals surface area contributed by atoms with E-state index in [2.05, 4.69) is 46.2 Å². The highest BCUT2D eigenvalue weighted by molar-refractivity contribution is 5.91. The van der Waals surface area contributed by atoms with Crippen LogP contribution >= 0.6 is 0 Å². The molecule has 2 aromatic carbocycles. The van der Waals surface area contributed by atoms with Crippen molar-refractivity contribution in [2.45, 2.75) is 24.9 Å². The third-order valence-corrected chi connectivity index (χ3v) is 6.41. The Hall–Kier alpha value is -4.26. The number of piperidine rings is 1. The minimum atomic E-state index is -4.83. The van der Waals surface area contributed by atoms with Crippen LogP contribution in [0.15, 0.2) is 41.2 Å². The standard InChI is InChI=1S/C23H20F3N9O/c24-23(25,26)17-13(5-6-15-16(17)22(36)35-31-15)20-29-21(18(32-34-20)11-7-9-27-10-8-11)28-19-12-3-1-2-4-14(12)30-33-19/h1-6,11,27H,7-10H2,(H2,31,35,36)(H2,28,29,30,33,34). The van der Waals surface area contributed by atoms with E-state index in [4.69, 9.17) is 0 Å². The van der Waals surface area contributed by atoms with Crippen LogP contribution in [0, 0.1) is 0 Å². The maximum absolute atomic E-state index is 14.2. The Morgan fingerprint density at radius 2 is 1.75 bits per heavy atom. The van der Waals surface area contributed by atoms with Crippen molar-refractivity contribution in [3.63, 3.8) is 0 Å². The largest absolute Gasteiger partial charge is 0.417 e. The van der Waals surface area contributed by atoms with Gasteiger partial charge in [0.15, 0.2) is 17.5 Å². The number of para-hydroxylation sites is 1. The van der Waals surface area contributed by atoms with Crippen molar-refractivity contribution in [3.05, 3.63) is 58.0 Å². The first-order valence-electron chi connectivity index (χ1n) is 11.4. The van der Waals surface area contributed by atoms with Crippen LogP contribution < -0.4 is 16.2 Å². The maximum Gasteiger partial charge on any atom is 0.417 e. The lowest BCUT2D eigenvalue weighted by atomic mass is 9.94. The van der Waals surface area contributed by atoms with E-state index in [9.17, 15) is 18.0 Å². The van der Waals surface area contributed by atoms with E-state index in [-0.39, 0.29) is 28.6 Å². The Morgan fingerprint density at radius 3 is 2.56 bits per heavy atom. The number of benzene rings is 2. The number of aromatic amines is 3. The summed E-state index contributed by atoms with van der Waals surface area (Å²) in [5.74, 6) is 0.524. The quantitative estimate of drug-likeness (QED) is 0.255. The normalized spacial score (nSPS) is 15.1. The smallest absolute Gasteiger partial charge is 0.321 e. The van der Waals surface area contributed by atoms with Crippen LogP contribution in [0.1, 0.15) is 30.0 Å². The summed E-state index contributed by atoms with van der Waals surface area (Å²) >= 11 is 0. The van der Waals surface area contributed by atoms with Gasteiger partial charge in [-0.25, -0.2) is 4.98 Å². The van der Waals surface area contributed by atoms with Gasteiger partial charge < -0.3 is 10.6 Å². The molecule has 1 saturated heterocycles. The maximum atomic E-state index is 14.2. The lowest BCUT2D eigenvalue weighted by Crippen LogP contribution is -2.28. The monoisotopic (exact) mass is 495 g/mol. The van der Waals surface area contributed by atoms with Gasteiger partial charge in [-0.1, -0.05) is 12.1 Å². The first kappa shape index (κ1) is 22.2. The molecule has 0 amide bonds. The number of hydrogen-bond donors (Lipinski definition) is 5. The molecule has 0 bridgehead atoms. The Labute approximate surface area is 200 Å². The number of nitrogens with zero attached hydrogens (tertiary/aromatic N) is 4. The van der Waals surface area contributed by atoms with Gasteiger partial charge in [-0.3, -0.25) is 20.1 Å². The van der Waals surface area contributed by atoms with Gasteiger partial charge in [0.05, 0.1) is 22.0 Å². The van der Waals surface area contributed by atoms with Crippen LogP contribution in [-0.2, 0) is 6.18 Å². The molecule has 6 rings (SSSR count). The van der Waals surface area contributed by atoms with Gasteiger partial charge in [-0.2, -0.15) is 18.3 Å². The number of alkyl halides is 3. The third kappa shape index (κ3) is 3.77. The number of anilines is 2. The van der Waals surface area contributed by atoms with Crippen LogP contribution in [0.25, 0.3) is 33.2 Å². The Morgan fingerprint density at radius 1 is 0.944 bits per heavy atom. The molecule has 0 atom stereocenters. The van der Waals surface area contributed by atoms with E-state index in [1.165, 1.54) is 12.1 Å². The van der Waals surface area contributed by atoms with Crippen molar-refractivity contribution < 1.29 is 13.2 Å². The molecule has 0 saturated carbocycles. The second kappa shape index (κ2) is 8.45. The van der Waals surface area contributed by atoms with Gasteiger partial charge in [-0.05, 0) is 50.2 Å². The van der Waals surface area contributed by atoms with Gasteiger partial charge in [0.25, 0.3) is 5.56 Å². The van der Waals surface area contributed by atoms with Crippen LogP contribution in [0.2, 0.25) is 0 Å². The van der Waals surface area contributed by atoms with Crippen LogP contribution in [0.4, 0.5) is 24.8 Å². The number of hydrogen-bond acceptors (Lipinski definition) is 7. The number of halogens is 3. The molecule has 5 aromatic rings. The summed E-state index contributed by atoms with van der Waals surface area (Å²) in [5.41, 5.74) is -0.936. The molecular weight excluding hydrogens is 475 g/mol. The van der Waals surface area contributed by atoms with Crippen molar-refractivity contribution in [2.24, 2.45) is 0 Å². The van der Waals surface area contributed by atoms with E-state index in [0.717, 1.165) is 36.8 Å². The van der Waals surface area contributed by atoms with Crippen LogP contribution in [-0.4, -0.2) is 48.7 Å². The van der Waals surface area contributed by atoms with E-state index < -0.39 is 22.7 Å². The fourth-order valence-corrected chi connectivity index (χ4v) is 4.69. The van der Waals surface area contributed by atoms with E-state index >= 15 is 0 Å². The summed E-state index contributed by atoms with van der Waals surface area (Å²) in [5, 5.41) is 27.1. The minimum Gasteiger partial charge on any atom is -0.321 e. The fourth-order valence-electron chi connectivity index (χ4n) is 4.69. The van der Waals surface area contributed by atoms with Crippen molar-refractivity contribution in [1.82, 2.24) is 40.9 Å². The molecule has 184 valence electrons. The zero-order valence-corrected chi connectivity index (χ0v) is 18.7. The van der Waals surface area contributed by atoms with Crippen LogP contribution in [0.5, 0.6) is 0 Å². The molecular formula is C23H20F3N9O. The topological polar surface area (TPSA) is 140 Å². The number of rotatable bonds is 4. The molecule has 4 heterocycles. The van der Waals surface area contributed by atoms with Crippen molar-refractivity contribution in [1.29, 1.82) is 0 Å². The molecule has 0 spiro atoms. The van der Waals surface area contributed by atoms with Gasteiger partial charge >= 0.3 is 6.18 Å². The number of fused-ring (bicyclic) bond motifs is 2. The molecule has 3 aromatic heterocycles. The molecule has 0 unspecified atom stereocenters. The van der Waals surface area contributed by atoms with E-state index in [1.54, 1.807) is 0 Å². The average Bonchev–Trinajstić information content (AvgIpc) is 3.47. The number of nitrogens with one attached hydrogen (secondary N) is 5. The Balaban J connectivity index is 1.53. The predicted octanol–water partition coefficient (Wildman–Crippen LogP) is 3.81. The first-order valence-corrected chi connectivity index (χ1v) is 11.4. The number of H-pyrrole nitrogens is 3. The molecule has 0 radical (unpaired) electrons. The van der Waals surface area contributed by atoms with Gasteiger partial charge in [0.1, 0.15) is 5.69 Å². The summed E-state index contributed by atoms with van der Waals surface area (Å²) in [6, 6.07) is 10.1. The highest BCUT2D eigenvalue weighted by atomic mass is 19.4.